The van der Waals surface area contributed by atoms with Crippen LogP contribution in [0.3, 0.4) is 0 Å². The van der Waals surface area contributed by atoms with E-state index in [1.165, 1.54) is 6.07 Å². The molecule has 0 bridgehead atoms. The number of anilines is 1. The minimum absolute atomic E-state index is 0.186. The SMILES string of the molecule is CCN(CCC(N)C(C)C)c1cccc(F)c1. The maximum atomic E-state index is 13.1. The molecule has 1 unspecified atom stereocenters. The molecule has 0 amide bonds. The summed E-state index contributed by atoms with van der Waals surface area (Å²) in [6.45, 7) is 8.08. The summed E-state index contributed by atoms with van der Waals surface area (Å²) in [5, 5.41) is 0. The smallest absolute Gasteiger partial charge is 0.125 e. The largest absolute Gasteiger partial charge is 0.372 e. The van der Waals surface area contributed by atoms with E-state index >= 15 is 0 Å². The highest BCUT2D eigenvalue weighted by Gasteiger charge is 2.11. The summed E-state index contributed by atoms with van der Waals surface area (Å²) in [5.41, 5.74) is 6.96. The topological polar surface area (TPSA) is 29.3 Å². The molecule has 0 spiro atoms. The Kier molecular flexibility index (Phi) is 5.42. The molecule has 0 saturated carbocycles. The molecule has 1 atom stereocenters. The predicted molar refractivity (Wildman–Crippen MR) is 71.7 cm³/mol. The van der Waals surface area contributed by atoms with Crippen LogP contribution < -0.4 is 10.6 Å². The van der Waals surface area contributed by atoms with Crippen molar-refractivity contribution in [2.75, 3.05) is 18.0 Å². The standard InChI is InChI=1S/C14H23FN2/c1-4-17(9-8-14(16)11(2)3)13-7-5-6-12(15)10-13/h5-7,10-11,14H,4,8-9,16H2,1-3H3. The molecule has 0 aliphatic carbocycles. The number of rotatable bonds is 6. The van der Waals surface area contributed by atoms with Crippen LogP contribution in [0.5, 0.6) is 0 Å². The predicted octanol–water partition coefficient (Wildman–Crippen LogP) is 3.03. The molecule has 17 heavy (non-hydrogen) atoms. The fourth-order valence-electron chi connectivity index (χ4n) is 1.78. The van der Waals surface area contributed by atoms with Crippen LogP contribution in [0.15, 0.2) is 24.3 Å². The molecule has 0 aliphatic rings. The summed E-state index contributed by atoms with van der Waals surface area (Å²) >= 11 is 0. The molecule has 2 nitrogen and oxygen atoms in total. The van der Waals surface area contributed by atoms with E-state index in [9.17, 15) is 4.39 Å². The number of nitrogens with zero attached hydrogens (tertiary/aromatic N) is 1. The van der Waals surface area contributed by atoms with Gasteiger partial charge in [0.2, 0.25) is 0 Å². The summed E-state index contributed by atoms with van der Waals surface area (Å²) in [4.78, 5) is 2.16. The molecule has 0 saturated heterocycles. The molecule has 0 aliphatic heterocycles. The molecule has 1 aromatic rings. The fourth-order valence-corrected chi connectivity index (χ4v) is 1.78. The summed E-state index contributed by atoms with van der Waals surface area (Å²) in [6.07, 6.45) is 0.933. The van der Waals surface area contributed by atoms with Crippen molar-refractivity contribution in [1.82, 2.24) is 0 Å². The molecular formula is C14H23FN2. The Hall–Kier alpha value is -1.09. The van der Waals surface area contributed by atoms with Crippen LogP contribution in [0.2, 0.25) is 0 Å². The lowest BCUT2D eigenvalue weighted by molar-refractivity contribution is 0.463. The first kappa shape index (κ1) is 14.0. The van der Waals surface area contributed by atoms with Gasteiger partial charge in [0.05, 0.1) is 0 Å². The van der Waals surface area contributed by atoms with E-state index in [4.69, 9.17) is 5.73 Å². The van der Waals surface area contributed by atoms with Crippen molar-refractivity contribution < 1.29 is 4.39 Å². The van der Waals surface area contributed by atoms with E-state index in [-0.39, 0.29) is 11.9 Å². The van der Waals surface area contributed by atoms with Crippen molar-refractivity contribution in [3.63, 3.8) is 0 Å². The molecule has 0 radical (unpaired) electrons. The van der Waals surface area contributed by atoms with Gasteiger partial charge in [-0.25, -0.2) is 4.39 Å². The number of hydrogen-bond acceptors (Lipinski definition) is 2. The van der Waals surface area contributed by atoms with E-state index in [2.05, 4.69) is 25.7 Å². The van der Waals surface area contributed by atoms with Gasteiger partial charge < -0.3 is 10.6 Å². The van der Waals surface area contributed by atoms with E-state index in [1.54, 1.807) is 12.1 Å². The van der Waals surface area contributed by atoms with E-state index in [0.717, 1.165) is 25.2 Å². The Bertz CT molecular complexity index is 339. The van der Waals surface area contributed by atoms with Crippen LogP contribution in [-0.2, 0) is 0 Å². The minimum atomic E-state index is -0.186. The monoisotopic (exact) mass is 238 g/mol. The first-order valence-corrected chi connectivity index (χ1v) is 6.30. The normalized spacial score (nSPS) is 12.8. The van der Waals surface area contributed by atoms with Crippen molar-refractivity contribution in [2.45, 2.75) is 33.2 Å². The van der Waals surface area contributed by atoms with Crippen molar-refractivity contribution in [2.24, 2.45) is 11.7 Å². The van der Waals surface area contributed by atoms with Crippen LogP contribution >= 0.6 is 0 Å². The van der Waals surface area contributed by atoms with Crippen LogP contribution in [0.25, 0.3) is 0 Å². The number of hydrogen-bond donors (Lipinski definition) is 1. The van der Waals surface area contributed by atoms with E-state index in [1.807, 2.05) is 6.07 Å². The highest BCUT2D eigenvalue weighted by molar-refractivity contribution is 5.46. The van der Waals surface area contributed by atoms with Crippen molar-refractivity contribution in [3.05, 3.63) is 30.1 Å². The molecule has 96 valence electrons. The molecule has 3 heteroatoms. The Balaban J connectivity index is 2.60. The van der Waals surface area contributed by atoms with Gasteiger partial charge in [-0.3, -0.25) is 0 Å². The maximum absolute atomic E-state index is 13.1. The molecule has 0 heterocycles. The van der Waals surface area contributed by atoms with Gasteiger partial charge in [-0.05, 0) is 37.5 Å². The number of benzene rings is 1. The number of halogens is 1. The Morgan fingerprint density at radius 2 is 2.06 bits per heavy atom. The van der Waals surface area contributed by atoms with Crippen molar-refractivity contribution in [1.29, 1.82) is 0 Å². The van der Waals surface area contributed by atoms with Gasteiger partial charge in [0.1, 0.15) is 5.82 Å². The molecular weight excluding hydrogens is 215 g/mol. The third-order valence-electron chi connectivity index (χ3n) is 3.14. The zero-order valence-corrected chi connectivity index (χ0v) is 11.0. The highest BCUT2D eigenvalue weighted by atomic mass is 19.1. The maximum Gasteiger partial charge on any atom is 0.125 e. The lowest BCUT2D eigenvalue weighted by atomic mass is 10.0. The Morgan fingerprint density at radius 3 is 2.59 bits per heavy atom. The third kappa shape index (κ3) is 4.35. The number of nitrogens with two attached hydrogens (primary N) is 1. The van der Waals surface area contributed by atoms with Gasteiger partial charge >= 0.3 is 0 Å². The first-order valence-electron chi connectivity index (χ1n) is 6.30. The van der Waals surface area contributed by atoms with Crippen molar-refractivity contribution >= 4 is 5.69 Å². The van der Waals surface area contributed by atoms with Gasteiger partial charge in [0, 0.05) is 24.8 Å². The van der Waals surface area contributed by atoms with Crippen LogP contribution in [0.4, 0.5) is 10.1 Å². The van der Waals surface area contributed by atoms with Crippen LogP contribution in [0, 0.1) is 11.7 Å². The van der Waals surface area contributed by atoms with Gasteiger partial charge in [0.15, 0.2) is 0 Å². The summed E-state index contributed by atoms with van der Waals surface area (Å²) < 4.78 is 13.1. The Morgan fingerprint density at radius 1 is 1.35 bits per heavy atom. The molecule has 2 N–H and O–H groups in total. The first-order chi connectivity index (χ1) is 8.04. The lowest BCUT2D eigenvalue weighted by Crippen LogP contribution is -2.33. The average Bonchev–Trinajstić information content (AvgIpc) is 2.29. The zero-order valence-electron chi connectivity index (χ0n) is 11.0. The average molecular weight is 238 g/mol. The fraction of sp³-hybridized carbons (Fsp3) is 0.571. The lowest BCUT2D eigenvalue weighted by Gasteiger charge is -2.26. The second-order valence-electron chi connectivity index (χ2n) is 4.76. The van der Waals surface area contributed by atoms with Gasteiger partial charge in [-0.2, -0.15) is 0 Å². The van der Waals surface area contributed by atoms with E-state index < -0.39 is 0 Å². The summed E-state index contributed by atoms with van der Waals surface area (Å²) in [5.74, 6) is 0.301. The molecule has 1 rings (SSSR count). The molecule has 1 aromatic carbocycles. The molecule has 0 aromatic heterocycles. The summed E-state index contributed by atoms with van der Waals surface area (Å²) in [7, 11) is 0. The quantitative estimate of drug-likeness (QED) is 0.825. The van der Waals surface area contributed by atoms with E-state index in [0.29, 0.717) is 5.92 Å². The van der Waals surface area contributed by atoms with Crippen LogP contribution in [0.1, 0.15) is 27.2 Å². The third-order valence-corrected chi connectivity index (χ3v) is 3.14. The minimum Gasteiger partial charge on any atom is -0.372 e. The van der Waals surface area contributed by atoms with Crippen molar-refractivity contribution in [3.8, 4) is 0 Å². The molecule has 0 fully saturated rings. The van der Waals surface area contributed by atoms with Gasteiger partial charge in [-0.15, -0.1) is 0 Å². The zero-order chi connectivity index (χ0) is 12.8. The second-order valence-corrected chi connectivity index (χ2v) is 4.76. The van der Waals surface area contributed by atoms with Crippen LogP contribution in [-0.4, -0.2) is 19.1 Å². The van der Waals surface area contributed by atoms with Gasteiger partial charge in [0.25, 0.3) is 0 Å². The second kappa shape index (κ2) is 6.60. The Labute approximate surface area is 104 Å². The summed E-state index contributed by atoms with van der Waals surface area (Å²) in [6, 6.07) is 6.93. The van der Waals surface area contributed by atoms with Gasteiger partial charge in [-0.1, -0.05) is 19.9 Å². The highest BCUT2D eigenvalue weighted by Crippen LogP contribution is 2.16.